The summed E-state index contributed by atoms with van der Waals surface area (Å²) < 4.78 is 2.19. The van der Waals surface area contributed by atoms with Crippen LogP contribution in [0.5, 0.6) is 0 Å². The molecular formula is C20H25N3O4. The molecular weight excluding hydrogens is 346 g/mol. The number of aromatic nitrogens is 2. The molecule has 2 N–H and O–H groups in total. The van der Waals surface area contributed by atoms with Crippen LogP contribution >= 0.6 is 0 Å². The molecule has 1 aromatic carbocycles. The van der Waals surface area contributed by atoms with Crippen molar-refractivity contribution in [2.75, 3.05) is 13.1 Å². The van der Waals surface area contributed by atoms with Gasteiger partial charge in [-0.05, 0) is 30.9 Å². The quantitative estimate of drug-likeness (QED) is 0.776. The van der Waals surface area contributed by atoms with Crippen LogP contribution in [0.2, 0.25) is 0 Å². The molecule has 1 saturated carbocycles. The van der Waals surface area contributed by atoms with Gasteiger partial charge in [0.05, 0.1) is 28.4 Å². The minimum Gasteiger partial charge on any atom is -0.481 e. The van der Waals surface area contributed by atoms with Crippen LogP contribution in [0.1, 0.15) is 32.5 Å². The Labute approximate surface area is 157 Å². The first kappa shape index (κ1) is 18.0. The fourth-order valence-corrected chi connectivity index (χ4v) is 4.60. The Bertz CT molecular complexity index is 893. The van der Waals surface area contributed by atoms with Crippen LogP contribution < -0.4 is 0 Å². The van der Waals surface area contributed by atoms with Crippen molar-refractivity contribution in [1.82, 2.24) is 14.5 Å². The largest absolute Gasteiger partial charge is 0.481 e. The highest BCUT2D eigenvalue weighted by Gasteiger charge is 2.80. The van der Waals surface area contributed by atoms with Crippen molar-refractivity contribution in [3.63, 3.8) is 0 Å². The van der Waals surface area contributed by atoms with Crippen LogP contribution in [0.25, 0.3) is 11.0 Å². The number of benzene rings is 1. The van der Waals surface area contributed by atoms with E-state index in [1.54, 1.807) is 0 Å². The number of carboxylic acid groups (broad SMARTS) is 2. The predicted octanol–water partition coefficient (Wildman–Crippen LogP) is 2.44. The Morgan fingerprint density at radius 1 is 1.15 bits per heavy atom. The Balaban J connectivity index is 1.62. The van der Waals surface area contributed by atoms with Gasteiger partial charge in [-0.15, -0.1) is 0 Å². The lowest BCUT2D eigenvalue weighted by Gasteiger charge is -2.20. The lowest BCUT2D eigenvalue weighted by Crippen LogP contribution is -2.29. The van der Waals surface area contributed by atoms with Crippen molar-refractivity contribution in [3.05, 3.63) is 30.1 Å². The van der Waals surface area contributed by atoms with Gasteiger partial charge in [0.1, 0.15) is 5.82 Å². The molecule has 1 aliphatic heterocycles. The normalized spacial score (nSPS) is 27.2. The molecule has 2 fully saturated rings. The van der Waals surface area contributed by atoms with Gasteiger partial charge < -0.3 is 14.8 Å². The summed E-state index contributed by atoms with van der Waals surface area (Å²) in [6.07, 6.45) is 1.25. The van der Waals surface area contributed by atoms with Gasteiger partial charge in [0.25, 0.3) is 0 Å². The molecule has 7 nitrogen and oxygen atoms in total. The number of carboxylic acids is 2. The number of hydrogen-bond acceptors (Lipinski definition) is 4. The third kappa shape index (κ3) is 2.64. The van der Waals surface area contributed by atoms with Gasteiger partial charge >= 0.3 is 11.9 Å². The first-order chi connectivity index (χ1) is 12.8. The molecule has 1 saturated heterocycles. The second-order valence-electron chi connectivity index (χ2n) is 8.45. The molecule has 0 spiro atoms. The molecule has 0 bridgehead atoms. The number of hydrogen-bond donors (Lipinski definition) is 2. The van der Waals surface area contributed by atoms with Gasteiger partial charge in [-0.1, -0.05) is 26.0 Å². The van der Waals surface area contributed by atoms with Gasteiger partial charge in [-0.3, -0.25) is 14.5 Å². The highest BCUT2D eigenvalue weighted by Crippen LogP contribution is 2.68. The summed E-state index contributed by atoms with van der Waals surface area (Å²) in [7, 11) is 0. The van der Waals surface area contributed by atoms with E-state index in [0.29, 0.717) is 12.5 Å². The van der Waals surface area contributed by atoms with Crippen molar-refractivity contribution in [2.45, 2.75) is 39.8 Å². The van der Waals surface area contributed by atoms with Crippen molar-refractivity contribution in [2.24, 2.45) is 16.7 Å². The summed E-state index contributed by atoms with van der Waals surface area (Å²) in [5.41, 5.74) is -0.304. The first-order valence-electron chi connectivity index (χ1n) is 9.42. The number of aliphatic carboxylic acids is 2. The molecule has 2 aliphatic rings. The zero-order chi connectivity index (χ0) is 19.4. The van der Waals surface area contributed by atoms with Crippen molar-refractivity contribution < 1.29 is 19.8 Å². The fourth-order valence-electron chi connectivity index (χ4n) is 4.60. The summed E-state index contributed by atoms with van der Waals surface area (Å²) in [6.45, 7) is 6.20. The van der Waals surface area contributed by atoms with E-state index >= 15 is 0 Å². The highest BCUT2D eigenvalue weighted by atomic mass is 16.4. The van der Waals surface area contributed by atoms with Gasteiger partial charge in [0.2, 0.25) is 0 Å². The van der Waals surface area contributed by atoms with E-state index < -0.39 is 22.8 Å². The molecule has 0 amide bonds. The van der Waals surface area contributed by atoms with Gasteiger partial charge in [0.15, 0.2) is 0 Å². The maximum atomic E-state index is 11.7. The van der Waals surface area contributed by atoms with Crippen LogP contribution in [0.4, 0.5) is 0 Å². The average Bonchev–Trinajstić information content (AvgIpc) is 2.97. The zero-order valence-corrected chi connectivity index (χ0v) is 15.7. The molecule has 2 heterocycles. The fraction of sp³-hybridized carbons (Fsp3) is 0.550. The summed E-state index contributed by atoms with van der Waals surface area (Å²) >= 11 is 0. The number of imidazole rings is 1. The van der Waals surface area contributed by atoms with Crippen LogP contribution in [-0.2, 0) is 22.7 Å². The van der Waals surface area contributed by atoms with E-state index in [4.69, 9.17) is 4.98 Å². The molecule has 0 radical (unpaired) electrons. The number of para-hydroxylation sites is 2. The number of aryl methyl sites for hydroxylation is 1. The van der Waals surface area contributed by atoms with Crippen LogP contribution in [-0.4, -0.2) is 49.7 Å². The molecule has 2 aromatic rings. The van der Waals surface area contributed by atoms with Gasteiger partial charge in [0, 0.05) is 19.6 Å². The topological polar surface area (TPSA) is 95.7 Å². The summed E-state index contributed by atoms with van der Waals surface area (Å²) in [5, 5.41) is 19.2. The third-order valence-corrected chi connectivity index (χ3v) is 6.23. The van der Waals surface area contributed by atoms with E-state index in [2.05, 4.69) is 18.4 Å². The Morgan fingerprint density at radius 2 is 1.78 bits per heavy atom. The lowest BCUT2D eigenvalue weighted by atomic mass is 9.97. The molecule has 0 unspecified atom stereocenters. The molecule has 7 heteroatoms. The number of rotatable bonds is 7. The molecule has 1 aliphatic carbocycles. The van der Waals surface area contributed by atoms with Crippen molar-refractivity contribution in [3.8, 4) is 0 Å². The van der Waals surface area contributed by atoms with Crippen LogP contribution in [0.3, 0.4) is 0 Å². The summed E-state index contributed by atoms with van der Waals surface area (Å²) in [4.78, 5) is 30.2. The maximum Gasteiger partial charge on any atom is 0.312 e. The number of nitrogens with zero attached hydrogens (tertiary/aromatic N) is 3. The number of fused-ring (bicyclic) bond motifs is 2. The molecule has 27 heavy (non-hydrogen) atoms. The van der Waals surface area contributed by atoms with E-state index in [1.807, 2.05) is 29.2 Å². The zero-order valence-electron chi connectivity index (χ0n) is 15.7. The minimum atomic E-state index is -1.15. The number of carbonyl (C=O) groups is 2. The van der Waals surface area contributed by atoms with E-state index in [1.165, 1.54) is 0 Å². The molecule has 1 aromatic heterocycles. The van der Waals surface area contributed by atoms with Crippen LogP contribution in [0, 0.1) is 16.7 Å². The average molecular weight is 371 g/mol. The molecule has 4 rings (SSSR count). The predicted molar refractivity (Wildman–Crippen MR) is 99.2 cm³/mol. The monoisotopic (exact) mass is 371 g/mol. The minimum absolute atomic E-state index is 0.227. The number of piperidine rings is 1. The van der Waals surface area contributed by atoms with E-state index in [-0.39, 0.29) is 19.5 Å². The summed E-state index contributed by atoms with van der Waals surface area (Å²) in [6, 6.07) is 7.97. The second kappa shape index (κ2) is 6.05. The SMILES string of the molecule is CC(C)CCn1c(CN2C[C@@]3(C(=O)O)C[C@@]3(C(=O)O)C2)nc2ccccc21. The van der Waals surface area contributed by atoms with Crippen LogP contribution in [0.15, 0.2) is 24.3 Å². The van der Waals surface area contributed by atoms with Crippen molar-refractivity contribution >= 4 is 23.0 Å². The van der Waals surface area contributed by atoms with Gasteiger partial charge in [-0.25, -0.2) is 4.98 Å². The highest BCUT2D eigenvalue weighted by molar-refractivity contribution is 5.94. The smallest absolute Gasteiger partial charge is 0.312 e. The van der Waals surface area contributed by atoms with Crippen molar-refractivity contribution in [1.29, 1.82) is 0 Å². The Morgan fingerprint density at radius 3 is 2.37 bits per heavy atom. The maximum absolute atomic E-state index is 11.7. The first-order valence-corrected chi connectivity index (χ1v) is 9.42. The van der Waals surface area contributed by atoms with Gasteiger partial charge in [-0.2, -0.15) is 0 Å². The molecule has 2 atom stereocenters. The Kier molecular flexibility index (Phi) is 4.03. The Hall–Kier alpha value is -2.41. The summed E-state index contributed by atoms with van der Waals surface area (Å²) in [5.74, 6) is -0.565. The van der Waals surface area contributed by atoms with E-state index in [0.717, 1.165) is 29.8 Å². The molecule has 144 valence electrons. The lowest BCUT2D eigenvalue weighted by molar-refractivity contribution is -0.151. The standard InChI is InChI=1S/C20H25N3O4/c1-13(2)7-8-23-15-6-4-3-5-14(15)21-16(23)9-22-11-19(17(24)25)10-20(19,12-22)18(26)27/h3-6,13H,7-12H2,1-2H3,(H,24,25)(H,26,27)/t19-,20+. The third-order valence-electron chi connectivity index (χ3n) is 6.23. The number of likely N-dealkylation sites (tertiary alicyclic amines) is 1. The van der Waals surface area contributed by atoms with E-state index in [9.17, 15) is 19.8 Å². The second-order valence-corrected chi connectivity index (χ2v) is 8.45.